The van der Waals surface area contributed by atoms with Crippen LogP contribution in [0, 0.1) is 23.2 Å². The Morgan fingerprint density at radius 1 is 1.37 bits per heavy atom. The summed E-state index contributed by atoms with van der Waals surface area (Å²) in [6.07, 6.45) is 15.0. The fourth-order valence-corrected chi connectivity index (χ4v) is 6.64. The molecule has 2 aliphatic heterocycles. The van der Waals surface area contributed by atoms with E-state index in [4.69, 9.17) is 14.6 Å². The summed E-state index contributed by atoms with van der Waals surface area (Å²) in [5, 5.41) is 16.4. The lowest BCUT2D eigenvalue weighted by molar-refractivity contribution is -0.249. The summed E-state index contributed by atoms with van der Waals surface area (Å²) in [5.41, 5.74) is 4.46. The zero-order valence-electron chi connectivity index (χ0n) is 22.7. The average Bonchev–Trinajstić information content (AvgIpc) is 3.68. The summed E-state index contributed by atoms with van der Waals surface area (Å²) in [6.45, 7) is 11.5. The molecule has 8 nitrogen and oxygen atoms in total. The Hall–Kier alpha value is -2.95. The average molecular weight is 517 g/mol. The van der Waals surface area contributed by atoms with E-state index in [1.54, 1.807) is 6.21 Å². The van der Waals surface area contributed by atoms with Gasteiger partial charge < -0.3 is 14.5 Å². The van der Waals surface area contributed by atoms with Crippen molar-refractivity contribution in [2.24, 2.45) is 16.8 Å². The SMILES string of the molecule is C=C=c1[nH]cc/c1=C(/N=CC)c1cnn(C2(CC#N)CCC(C3CCN(C4OCC4OCCC)CC3)C2)c1. The quantitative estimate of drug-likeness (QED) is 0.517. The number of aromatic nitrogens is 3. The van der Waals surface area contributed by atoms with E-state index in [1.807, 2.05) is 25.4 Å². The van der Waals surface area contributed by atoms with Crippen LogP contribution in [0.5, 0.6) is 0 Å². The van der Waals surface area contributed by atoms with Crippen LogP contribution in [-0.2, 0) is 15.0 Å². The molecule has 38 heavy (non-hydrogen) atoms. The lowest BCUT2D eigenvalue weighted by Gasteiger charge is -2.46. The standard InChI is InChI=1S/C30H40N6O2/c1-4-17-37-27-21-38-29(27)35-15-9-22(10-16-35)23-7-11-30(18-23,12-13-31)36-20-24(19-34-36)28(32-6-3)25-8-14-33-26(25)5-2/h6,8,14,19-20,22-23,27,29,33H,2,4,7,9-12,15-18,21H2,1,3H3/b28-25-,32-6?. The summed E-state index contributed by atoms with van der Waals surface area (Å²) < 4.78 is 13.9. The molecule has 1 N–H and O–H groups in total. The van der Waals surface area contributed by atoms with Crippen LogP contribution in [0.4, 0.5) is 0 Å². The van der Waals surface area contributed by atoms with Crippen LogP contribution < -0.4 is 10.6 Å². The van der Waals surface area contributed by atoms with E-state index in [0.717, 1.165) is 73.8 Å². The molecule has 0 radical (unpaired) electrons. The first-order valence-corrected chi connectivity index (χ1v) is 14.1. The number of H-pyrrole nitrogens is 1. The van der Waals surface area contributed by atoms with Crippen LogP contribution in [0.3, 0.4) is 0 Å². The number of aromatic amines is 1. The molecule has 0 spiro atoms. The Labute approximate surface area is 225 Å². The molecular formula is C30H40N6O2. The minimum absolute atomic E-state index is 0.127. The molecule has 1 saturated carbocycles. The maximum atomic E-state index is 9.81. The van der Waals surface area contributed by atoms with Gasteiger partial charge in [0.2, 0.25) is 0 Å². The normalized spacial score (nSPS) is 29.2. The van der Waals surface area contributed by atoms with Crippen molar-refractivity contribution in [1.29, 1.82) is 5.26 Å². The topological polar surface area (TPSA) is 91.5 Å². The van der Waals surface area contributed by atoms with Crippen LogP contribution in [0.2, 0.25) is 0 Å². The fraction of sp³-hybridized carbons (Fsp3) is 0.600. The first-order valence-electron chi connectivity index (χ1n) is 14.1. The van der Waals surface area contributed by atoms with Gasteiger partial charge in [-0.05, 0) is 63.4 Å². The third kappa shape index (κ3) is 5.17. The van der Waals surface area contributed by atoms with Gasteiger partial charge in [0.25, 0.3) is 0 Å². The van der Waals surface area contributed by atoms with Crippen molar-refractivity contribution in [3.63, 3.8) is 0 Å². The third-order valence-corrected chi connectivity index (χ3v) is 8.70. The molecular weight excluding hydrogens is 476 g/mol. The van der Waals surface area contributed by atoms with Gasteiger partial charge in [-0.25, -0.2) is 0 Å². The van der Waals surface area contributed by atoms with E-state index in [-0.39, 0.29) is 17.9 Å². The van der Waals surface area contributed by atoms with Crippen LogP contribution in [0.15, 0.2) is 36.2 Å². The lowest BCUT2D eigenvalue weighted by Crippen LogP contribution is -2.59. The lowest BCUT2D eigenvalue weighted by atomic mass is 9.81. The fourth-order valence-electron chi connectivity index (χ4n) is 6.64. The highest BCUT2D eigenvalue weighted by Crippen LogP contribution is 2.48. The molecule has 4 unspecified atom stereocenters. The number of nitrogens with zero attached hydrogens (tertiary/aromatic N) is 5. The number of aliphatic imine (C=N–C) groups is 1. The molecule has 2 aromatic heterocycles. The van der Waals surface area contributed by atoms with Crippen molar-refractivity contribution in [2.45, 2.75) is 76.7 Å². The Kier molecular flexibility index (Phi) is 8.30. The van der Waals surface area contributed by atoms with Crippen molar-refractivity contribution < 1.29 is 9.47 Å². The maximum absolute atomic E-state index is 9.81. The van der Waals surface area contributed by atoms with Gasteiger partial charge in [-0.3, -0.25) is 14.6 Å². The Balaban J connectivity index is 1.29. The van der Waals surface area contributed by atoms with Crippen LogP contribution in [0.25, 0.3) is 11.4 Å². The molecule has 202 valence electrons. The Morgan fingerprint density at radius 3 is 2.89 bits per heavy atom. The number of ether oxygens (including phenoxy) is 2. The summed E-state index contributed by atoms with van der Waals surface area (Å²) >= 11 is 0. The molecule has 8 heteroatoms. The number of likely N-dealkylation sites (tertiary alicyclic amines) is 1. The number of rotatable bonds is 9. The van der Waals surface area contributed by atoms with Gasteiger partial charge in [-0.15, -0.1) is 5.73 Å². The molecule has 5 rings (SSSR count). The molecule has 0 amide bonds. The molecule has 1 aliphatic carbocycles. The van der Waals surface area contributed by atoms with Gasteiger partial charge >= 0.3 is 0 Å². The predicted molar refractivity (Wildman–Crippen MR) is 148 cm³/mol. The maximum Gasteiger partial charge on any atom is 0.139 e. The van der Waals surface area contributed by atoms with E-state index in [0.29, 0.717) is 18.3 Å². The van der Waals surface area contributed by atoms with E-state index in [1.165, 1.54) is 12.8 Å². The summed E-state index contributed by atoms with van der Waals surface area (Å²) in [5.74, 6) is 1.28. The van der Waals surface area contributed by atoms with Crippen molar-refractivity contribution in [3.05, 3.63) is 47.4 Å². The summed E-state index contributed by atoms with van der Waals surface area (Å²) in [7, 11) is 0. The van der Waals surface area contributed by atoms with Gasteiger partial charge in [0.1, 0.15) is 12.3 Å². The minimum Gasteiger partial charge on any atom is -0.372 e. The van der Waals surface area contributed by atoms with Crippen molar-refractivity contribution >= 4 is 17.6 Å². The molecule has 4 heterocycles. The van der Waals surface area contributed by atoms with Crippen molar-refractivity contribution in [3.8, 4) is 6.07 Å². The zero-order valence-corrected chi connectivity index (χ0v) is 22.7. The number of nitrogens with one attached hydrogen (secondary N) is 1. The zero-order chi connectivity index (χ0) is 26.5. The van der Waals surface area contributed by atoms with Gasteiger partial charge in [0.15, 0.2) is 0 Å². The molecule has 2 aromatic rings. The second-order valence-electron chi connectivity index (χ2n) is 10.9. The second-order valence-corrected chi connectivity index (χ2v) is 10.9. The Bertz CT molecular complexity index is 1310. The van der Waals surface area contributed by atoms with Gasteiger partial charge in [-0.1, -0.05) is 13.5 Å². The van der Waals surface area contributed by atoms with Crippen molar-refractivity contribution in [2.75, 3.05) is 26.3 Å². The predicted octanol–water partition coefficient (Wildman–Crippen LogP) is 3.30. The molecule has 3 fully saturated rings. The largest absolute Gasteiger partial charge is 0.372 e. The molecule has 4 atom stereocenters. The van der Waals surface area contributed by atoms with Gasteiger partial charge in [0, 0.05) is 49.1 Å². The number of piperidine rings is 1. The first kappa shape index (κ1) is 26.6. The van der Waals surface area contributed by atoms with Crippen LogP contribution in [0.1, 0.15) is 64.4 Å². The van der Waals surface area contributed by atoms with E-state index >= 15 is 0 Å². The summed E-state index contributed by atoms with van der Waals surface area (Å²) in [6, 6.07) is 4.47. The number of hydrogen-bond acceptors (Lipinski definition) is 6. The third-order valence-electron chi connectivity index (χ3n) is 8.70. The molecule has 3 aliphatic rings. The van der Waals surface area contributed by atoms with E-state index in [9.17, 15) is 5.26 Å². The smallest absolute Gasteiger partial charge is 0.139 e. The second kappa shape index (κ2) is 11.8. The number of hydrogen-bond donors (Lipinski definition) is 1. The highest BCUT2D eigenvalue weighted by Gasteiger charge is 2.46. The van der Waals surface area contributed by atoms with Gasteiger partial charge in [0.05, 0.1) is 41.9 Å². The molecule has 0 bridgehead atoms. The highest BCUT2D eigenvalue weighted by molar-refractivity contribution is 5.72. The molecule has 2 saturated heterocycles. The molecule has 0 aromatic carbocycles. The van der Waals surface area contributed by atoms with E-state index < -0.39 is 0 Å². The van der Waals surface area contributed by atoms with Crippen LogP contribution in [-0.4, -0.2) is 64.5 Å². The number of nitriles is 1. The first-order chi connectivity index (χ1) is 18.6. The Morgan fingerprint density at radius 2 is 2.21 bits per heavy atom. The van der Waals surface area contributed by atoms with Gasteiger partial charge in [-0.2, -0.15) is 10.4 Å². The van der Waals surface area contributed by atoms with Crippen LogP contribution >= 0.6 is 0 Å². The monoisotopic (exact) mass is 516 g/mol. The minimum atomic E-state index is -0.266. The summed E-state index contributed by atoms with van der Waals surface area (Å²) in [4.78, 5) is 10.3. The van der Waals surface area contributed by atoms with Crippen molar-refractivity contribution in [1.82, 2.24) is 19.7 Å². The highest BCUT2D eigenvalue weighted by atomic mass is 16.6. The van der Waals surface area contributed by atoms with E-state index in [2.05, 4.69) is 51.1 Å².